The molecule has 0 spiro atoms. The van der Waals surface area contributed by atoms with E-state index in [4.69, 9.17) is 15.0 Å². The lowest BCUT2D eigenvalue weighted by Crippen LogP contribution is -2.00. The maximum atomic E-state index is 4.96. The summed E-state index contributed by atoms with van der Waals surface area (Å²) in [6.07, 6.45) is 0. The highest BCUT2D eigenvalue weighted by molar-refractivity contribution is 6.13. The van der Waals surface area contributed by atoms with Gasteiger partial charge in [0.25, 0.3) is 0 Å². The van der Waals surface area contributed by atoms with Crippen molar-refractivity contribution in [2.24, 2.45) is 0 Å². The monoisotopic (exact) mass is 574 g/mol. The Hall–Kier alpha value is -6.13. The van der Waals surface area contributed by atoms with Crippen molar-refractivity contribution in [3.05, 3.63) is 158 Å². The quantitative estimate of drug-likeness (QED) is 0.210. The number of para-hydroxylation sites is 1. The smallest absolute Gasteiger partial charge is 0.164 e. The molecule has 0 saturated carbocycles. The van der Waals surface area contributed by atoms with E-state index in [1.165, 1.54) is 32.6 Å². The van der Waals surface area contributed by atoms with E-state index in [2.05, 4.69) is 102 Å². The zero-order chi connectivity index (χ0) is 29.7. The van der Waals surface area contributed by atoms with Crippen LogP contribution in [0.2, 0.25) is 0 Å². The minimum Gasteiger partial charge on any atom is -0.309 e. The van der Waals surface area contributed by atoms with Crippen LogP contribution in [0.15, 0.2) is 158 Å². The average Bonchev–Trinajstić information content (AvgIpc) is 3.43. The maximum absolute atomic E-state index is 4.96. The molecule has 4 heteroatoms. The van der Waals surface area contributed by atoms with Gasteiger partial charge in [-0.15, -0.1) is 0 Å². The molecule has 0 N–H and O–H groups in total. The molecule has 2 heterocycles. The molecule has 0 amide bonds. The molecule has 7 aromatic carbocycles. The maximum Gasteiger partial charge on any atom is 0.164 e. The Morgan fingerprint density at radius 1 is 0.333 bits per heavy atom. The lowest BCUT2D eigenvalue weighted by Gasteiger charge is -2.11. The Morgan fingerprint density at radius 2 is 0.911 bits per heavy atom. The van der Waals surface area contributed by atoms with Gasteiger partial charge < -0.3 is 4.57 Å². The predicted octanol–water partition coefficient (Wildman–Crippen LogP) is 10.3. The minimum absolute atomic E-state index is 0.651. The molecule has 210 valence electrons. The van der Waals surface area contributed by atoms with Crippen LogP contribution in [0.1, 0.15) is 0 Å². The summed E-state index contributed by atoms with van der Waals surface area (Å²) in [6.45, 7) is 0. The van der Waals surface area contributed by atoms with Crippen molar-refractivity contribution in [2.45, 2.75) is 0 Å². The molecule has 0 bridgehead atoms. The van der Waals surface area contributed by atoms with Crippen LogP contribution in [0, 0.1) is 0 Å². The first-order valence-corrected chi connectivity index (χ1v) is 15.1. The van der Waals surface area contributed by atoms with E-state index >= 15 is 0 Å². The molecule has 2 aromatic heterocycles. The second kappa shape index (κ2) is 10.2. The van der Waals surface area contributed by atoms with E-state index in [-0.39, 0.29) is 0 Å². The zero-order valence-corrected chi connectivity index (χ0v) is 24.3. The molecule has 0 aliphatic heterocycles. The number of rotatable bonds is 4. The van der Waals surface area contributed by atoms with E-state index in [0.717, 1.165) is 33.2 Å². The number of benzene rings is 7. The fourth-order valence-corrected chi connectivity index (χ4v) is 6.38. The van der Waals surface area contributed by atoms with E-state index in [9.17, 15) is 0 Å². The number of fused-ring (bicyclic) bond motifs is 5. The number of aromatic nitrogens is 4. The van der Waals surface area contributed by atoms with Crippen LogP contribution in [0.25, 0.3) is 83.2 Å². The molecule has 9 aromatic rings. The molecule has 4 nitrogen and oxygen atoms in total. The molecule has 0 fully saturated rings. The van der Waals surface area contributed by atoms with E-state index in [0.29, 0.717) is 17.5 Å². The molecule has 9 rings (SSSR count). The van der Waals surface area contributed by atoms with Crippen molar-refractivity contribution in [2.75, 3.05) is 0 Å². The Labute approximate surface area is 259 Å². The van der Waals surface area contributed by atoms with Crippen LogP contribution in [-0.2, 0) is 0 Å². The van der Waals surface area contributed by atoms with Crippen molar-refractivity contribution < 1.29 is 0 Å². The van der Waals surface area contributed by atoms with Crippen molar-refractivity contribution >= 4 is 43.4 Å². The van der Waals surface area contributed by atoms with Crippen LogP contribution < -0.4 is 0 Å². The van der Waals surface area contributed by atoms with Gasteiger partial charge in [0.15, 0.2) is 17.5 Å². The van der Waals surface area contributed by atoms with Gasteiger partial charge >= 0.3 is 0 Å². The summed E-state index contributed by atoms with van der Waals surface area (Å²) >= 11 is 0. The molecule has 0 aliphatic carbocycles. The largest absolute Gasteiger partial charge is 0.309 e. The number of hydrogen-bond donors (Lipinski definition) is 0. The first-order valence-electron chi connectivity index (χ1n) is 15.1. The van der Waals surface area contributed by atoms with Gasteiger partial charge in [-0.2, -0.15) is 0 Å². The summed E-state index contributed by atoms with van der Waals surface area (Å²) in [5.41, 5.74) is 6.37. The topological polar surface area (TPSA) is 43.6 Å². The van der Waals surface area contributed by atoms with Gasteiger partial charge in [0.05, 0.1) is 11.0 Å². The number of hydrogen-bond acceptors (Lipinski definition) is 3. The zero-order valence-electron chi connectivity index (χ0n) is 24.3. The van der Waals surface area contributed by atoms with Crippen molar-refractivity contribution in [3.63, 3.8) is 0 Å². The van der Waals surface area contributed by atoms with Gasteiger partial charge in [-0.05, 0) is 57.9 Å². The fourth-order valence-electron chi connectivity index (χ4n) is 6.38. The van der Waals surface area contributed by atoms with Crippen LogP contribution in [0.4, 0.5) is 0 Å². The first-order chi connectivity index (χ1) is 22.3. The van der Waals surface area contributed by atoms with E-state index in [1.807, 2.05) is 60.7 Å². The summed E-state index contributed by atoms with van der Waals surface area (Å²) < 4.78 is 2.38. The third kappa shape index (κ3) is 4.35. The molecular formula is C41H26N4. The van der Waals surface area contributed by atoms with Gasteiger partial charge in [0, 0.05) is 33.2 Å². The van der Waals surface area contributed by atoms with Crippen molar-refractivity contribution in [1.82, 2.24) is 19.5 Å². The second-order valence-electron chi connectivity index (χ2n) is 11.4. The van der Waals surface area contributed by atoms with Crippen LogP contribution in [0.3, 0.4) is 0 Å². The summed E-state index contributed by atoms with van der Waals surface area (Å²) in [5, 5.41) is 7.27. The van der Waals surface area contributed by atoms with Crippen LogP contribution in [0.5, 0.6) is 0 Å². The Balaban J connectivity index is 1.23. The average molecular weight is 575 g/mol. The summed E-state index contributed by atoms with van der Waals surface area (Å²) in [5.74, 6) is 1.97. The normalized spacial score (nSPS) is 11.6. The van der Waals surface area contributed by atoms with Crippen LogP contribution in [-0.4, -0.2) is 19.5 Å². The van der Waals surface area contributed by atoms with Gasteiger partial charge in [-0.25, -0.2) is 15.0 Å². The lowest BCUT2D eigenvalue weighted by molar-refractivity contribution is 1.07. The SMILES string of the molecule is c1ccc(-c2nc(-c3ccccc3)nc(-c3ccc4ccc(-n5c6ccccc6c6cc7ccccc7cc65)cc4c3)n2)cc1. The summed E-state index contributed by atoms with van der Waals surface area (Å²) in [4.78, 5) is 14.8. The summed E-state index contributed by atoms with van der Waals surface area (Å²) in [6, 6.07) is 55.2. The van der Waals surface area contributed by atoms with Gasteiger partial charge in [0.1, 0.15) is 0 Å². The molecule has 0 aliphatic rings. The first kappa shape index (κ1) is 25.4. The minimum atomic E-state index is 0.651. The standard InChI is InChI=1S/C41H26N4/c1-3-11-28(12-4-1)39-42-40(29-13-5-2-6-14-29)44-41(43-39)32-20-19-27-21-22-34(24-33(27)23-32)45-37-18-10-9-17-35(37)36-25-30-15-7-8-16-31(30)26-38(36)45/h1-26H. The lowest BCUT2D eigenvalue weighted by atomic mass is 10.0. The predicted molar refractivity (Wildman–Crippen MR) is 185 cm³/mol. The molecule has 0 atom stereocenters. The van der Waals surface area contributed by atoms with Gasteiger partial charge in [0.2, 0.25) is 0 Å². The number of nitrogens with zero attached hydrogens (tertiary/aromatic N) is 4. The highest BCUT2D eigenvalue weighted by Crippen LogP contribution is 2.36. The Kier molecular flexibility index (Phi) is 5.78. The van der Waals surface area contributed by atoms with Crippen molar-refractivity contribution in [1.29, 1.82) is 0 Å². The van der Waals surface area contributed by atoms with Gasteiger partial charge in [-0.3, -0.25) is 0 Å². The molecule has 0 saturated heterocycles. The van der Waals surface area contributed by atoms with E-state index in [1.54, 1.807) is 0 Å². The molecule has 0 radical (unpaired) electrons. The highest BCUT2D eigenvalue weighted by atomic mass is 15.0. The molecular weight excluding hydrogens is 548 g/mol. The fraction of sp³-hybridized carbons (Fsp3) is 0. The van der Waals surface area contributed by atoms with Crippen molar-refractivity contribution in [3.8, 4) is 39.9 Å². The summed E-state index contributed by atoms with van der Waals surface area (Å²) in [7, 11) is 0. The molecule has 45 heavy (non-hydrogen) atoms. The van der Waals surface area contributed by atoms with Crippen LogP contribution >= 0.6 is 0 Å². The van der Waals surface area contributed by atoms with E-state index < -0.39 is 0 Å². The molecule has 0 unspecified atom stereocenters. The Morgan fingerprint density at radius 3 is 1.62 bits per heavy atom. The third-order valence-corrected chi connectivity index (χ3v) is 8.58. The third-order valence-electron chi connectivity index (χ3n) is 8.58. The van der Waals surface area contributed by atoms with Gasteiger partial charge in [-0.1, -0.05) is 121 Å². The second-order valence-corrected chi connectivity index (χ2v) is 11.4. The Bertz CT molecular complexity index is 2470. The highest BCUT2D eigenvalue weighted by Gasteiger charge is 2.15.